The van der Waals surface area contributed by atoms with E-state index in [0.29, 0.717) is 31.0 Å². The number of aromatic amines is 1. The zero-order valence-corrected chi connectivity index (χ0v) is 25.3. The molecule has 3 aromatic carbocycles. The number of likely N-dealkylation sites (tertiary alicyclic amines) is 1. The van der Waals surface area contributed by atoms with Crippen molar-refractivity contribution < 1.29 is 14.7 Å². The number of thioether (sulfide) groups is 1. The third-order valence-corrected chi connectivity index (χ3v) is 9.49. The number of nitrogens with zero attached hydrogens (tertiary/aromatic N) is 1. The van der Waals surface area contributed by atoms with Crippen molar-refractivity contribution in [3.05, 3.63) is 99.1 Å². The Morgan fingerprint density at radius 3 is 2.62 bits per heavy atom. The van der Waals surface area contributed by atoms with Crippen LogP contribution in [0.3, 0.4) is 0 Å². The first-order valence-electron chi connectivity index (χ1n) is 13.3. The van der Waals surface area contributed by atoms with Gasteiger partial charge in [-0.15, -0.1) is 11.8 Å². The smallest absolute Gasteiger partial charge is 0.239 e. The zero-order chi connectivity index (χ0) is 28.3. The van der Waals surface area contributed by atoms with Crippen molar-refractivity contribution in [3.63, 3.8) is 0 Å². The van der Waals surface area contributed by atoms with Crippen LogP contribution in [-0.4, -0.2) is 44.7 Å². The van der Waals surface area contributed by atoms with Crippen LogP contribution in [0.25, 0.3) is 10.9 Å². The second-order valence-electron chi connectivity index (χ2n) is 10.2. The number of benzene rings is 3. The normalized spacial score (nSPS) is 18.9. The number of aliphatic hydroxyl groups is 1. The lowest BCUT2D eigenvalue weighted by Crippen LogP contribution is -2.48. The first-order chi connectivity index (χ1) is 19.3. The van der Waals surface area contributed by atoms with E-state index in [0.717, 1.165) is 37.0 Å². The molecule has 2 amide bonds. The number of aromatic nitrogens is 1. The summed E-state index contributed by atoms with van der Waals surface area (Å²) in [7, 11) is 0. The highest BCUT2D eigenvalue weighted by Crippen LogP contribution is 2.54. The van der Waals surface area contributed by atoms with Gasteiger partial charge in [-0.2, -0.15) is 0 Å². The van der Waals surface area contributed by atoms with E-state index in [1.54, 1.807) is 0 Å². The molecule has 0 saturated carbocycles. The molecule has 1 aliphatic rings. The van der Waals surface area contributed by atoms with E-state index in [2.05, 4.69) is 26.2 Å². The van der Waals surface area contributed by atoms with Crippen molar-refractivity contribution in [2.75, 3.05) is 13.2 Å². The lowest BCUT2D eigenvalue weighted by Gasteiger charge is -2.36. The Bertz CT molecular complexity index is 1510. The Hall–Kier alpha value is -2.78. The largest absolute Gasteiger partial charge is 0.396 e. The van der Waals surface area contributed by atoms with E-state index in [4.69, 9.17) is 11.6 Å². The minimum absolute atomic E-state index is 0.0544. The van der Waals surface area contributed by atoms with Gasteiger partial charge in [0.25, 0.3) is 0 Å². The van der Waals surface area contributed by atoms with Crippen LogP contribution in [0.4, 0.5) is 0 Å². The fraction of sp³-hybridized carbons (Fsp3) is 0.290. The average molecular weight is 641 g/mol. The minimum Gasteiger partial charge on any atom is -0.396 e. The minimum atomic E-state index is -1.13. The first kappa shape index (κ1) is 28.7. The molecule has 1 aliphatic heterocycles. The second kappa shape index (κ2) is 12.4. The van der Waals surface area contributed by atoms with E-state index in [1.165, 1.54) is 11.8 Å². The van der Waals surface area contributed by atoms with Gasteiger partial charge in [0, 0.05) is 56.8 Å². The van der Waals surface area contributed by atoms with E-state index in [1.807, 2.05) is 84.8 Å². The number of halogens is 2. The molecule has 40 heavy (non-hydrogen) atoms. The predicted octanol–water partition coefficient (Wildman–Crippen LogP) is 6.79. The highest BCUT2D eigenvalue weighted by Gasteiger charge is 2.58. The summed E-state index contributed by atoms with van der Waals surface area (Å²) >= 11 is 11.2. The van der Waals surface area contributed by atoms with Gasteiger partial charge in [0.15, 0.2) is 0 Å². The van der Waals surface area contributed by atoms with Crippen molar-refractivity contribution in [2.45, 2.75) is 48.4 Å². The highest BCUT2D eigenvalue weighted by atomic mass is 79.9. The van der Waals surface area contributed by atoms with Crippen LogP contribution in [0.5, 0.6) is 0 Å². The van der Waals surface area contributed by atoms with Crippen LogP contribution in [0.2, 0.25) is 5.02 Å². The maximum absolute atomic E-state index is 14.3. The van der Waals surface area contributed by atoms with Crippen LogP contribution in [-0.2, 0) is 16.1 Å². The maximum Gasteiger partial charge on any atom is 0.239 e. The molecule has 0 radical (unpaired) electrons. The standard InChI is InChI=1S/C31H31BrClN3O3S/c1-20-4-11-24(12-5-20)40-31(30(39)34-14-2-3-15-37)17-28(38)36(19-21-6-8-22(32)9-7-21)29(31)26-18-35-27-16-23(33)10-13-25(26)27/h4-13,16,18,29,35,37H,2-3,14-15,17,19H2,1H3,(H,34,39)/t29-,31-/m1/s1. The number of aliphatic hydroxyl groups excluding tert-OH is 1. The number of hydrogen-bond donors (Lipinski definition) is 3. The molecule has 1 fully saturated rings. The third kappa shape index (κ3) is 5.96. The summed E-state index contributed by atoms with van der Waals surface area (Å²) in [4.78, 5) is 34.3. The zero-order valence-electron chi connectivity index (χ0n) is 22.1. The van der Waals surface area contributed by atoms with Crippen molar-refractivity contribution >= 4 is 62.0 Å². The molecule has 2 heterocycles. The Kier molecular flexibility index (Phi) is 8.90. The number of fused-ring (bicyclic) bond motifs is 1. The topological polar surface area (TPSA) is 85.4 Å². The van der Waals surface area contributed by atoms with Gasteiger partial charge >= 0.3 is 0 Å². The molecular formula is C31H31BrClN3O3S. The second-order valence-corrected chi connectivity index (χ2v) is 12.9. The average Bonchev–Trinajstić information content (AvgIpc) is 3.46. The molecule has 2 atom stereocenters. The third-order valence-electron chi connectivity index (χ3n) is 7.30. The number of rotatable bonds is 10. The van der Waals surface area contributed by atoms with Gasteiger partial charge in [-0.3, -0.25) is 9.59 Å². The van der Waals surface area contributed by atoms with E-state index < -0.39 is 10.8 Å². The molecule has 0 spiro atoms. The molecule has 4 aromatic rings. The monoisotopic (exact) mass is 639 g/mol. The number of unbranched alkanes of at least 4 members (excludes halogenated alkanes) is 1. The molecule has 0 aliphatic carbocycles. The summed E-state index contributed by atoms with van der Waals surface area (Å²) in [5.41, 5.74) is 3.82. The van der Waals surface area contributed by atoms with Gasteiger partial charge in [0.1, 0.15) is 4.75 Å². The van der Waals surface area contributed by atoms with Crippen molar-refractivity contribution in [2.24, 2.45) is 0 Å². The van der Waals surface area contributed by atoms with Crippen molar-refractivity contribution in [1.82, 2.24) is 15.2 Å². The molecule has 1 saturated heterocycles. The van der Waals surface area contributed by atoms with Gasteiger partial charge in [0.2, 0.25) is 11.8 Å². The number of amides is 2. The van der Waals surface area contributed by atoms with E-state index >= 15 is 0 Å². The molecular weight excluding hydrogens is 610 g/mol. The number of hydrogen-bond acceptors (Lipinski definition) is 4. The first-order valence-corrected chi connectivity index (χ1v) is 15.2. The molecule has 1 aromatic heterocycles. The van der Waals surface area contributed by atoms with Crippen LogP contribution in [0, 0.1) is 6.92 Å². The van der Waals surface area contributed by atoms with Crippen LogP contribution in [0.15, 0.2) is 82.3 Å². The Balaban J connectivity index is 1.64. The van der Waals surface area contributed by atoms with Crippen LogP contribution < -0.4 is 5.32 Å². The SMILES string of the molecule is Cc1ccc(S[C@]2(C(=O)NCCCCO)CC(=O)N(Cc3ccc(Br)cc3)[C@@H]2c2c[nH]c3cc(Cl)ccc23)cc1. The van der Waals surface area contributed by atoms with E-state index in [-0.39, 0.29) is 24.8 Å². The van der Waals surface area contributed by atoms with Gasteiger partial charge in [-0.05, 0) is 61.7 Å². The fourth-order valence-corrected chi connectivity index (χ4v) is 7.15. The fourth-order valence-electron chi connectivity index (χ4n) is 5.30. The number of carbonyl (C=O) groups excluding carboxylic acids is 2. The number of aryl methyl sites for hydroxylation is 1. The quantitative estimate of drug-likeness (QED) is 0.167. The maximum atomic E-state index is 14.3. The molecule has 3 N–H and O–H groups in total. The molecule has 0 bridgehead atoms. The van der Waals surface area contributed by atoms with Crippen molar-refractivity contribution in [3.8, 4) is 0 Å². The number of nitrogens with one attached hydrogen (secondary N) is 2. The molecule has 0 unspecified atom stereocenters. The van der Waals surface area contributed by atoms with Crippen molar-refractivity contribution in [1.29, 1.82) is 0 Å². The molecule has 5 rings (SSSR count). The summed E-state index contributed by atoms with van der Waals surface area (Å²) in [6.45, 7) is 2.88. The van der Waals surface area contributed by atoms with Gasteiger partial charge in [-0.1, -0.05) is 63.4 Å². The highest BCUT2D eigenvalue weighted by molar-refractivity contribution is 9.10. The molecule has 208 valence electrons. The van der Waals surface area contributed by atoms with Crippen LogP contribution in [0.1, 0.15) is 42.0 Å². The Morgan fingerprint density at radius 2 is 1.90 bits per heavy atom. The summed E-state index contributed by atoms with van der Waals surface area (Å²) < 4.78 is -0.170. The van der Waals surface area contributed by atoms with Gasteiger partial charge < -0.3 is 20.3 Å². The molecule has 6 nitrogen and oxygen atoms in total. The van der Waals surface area contributed by atoms with E-state index in [9.17, 15) is 14.7 Å². The molecule has 9 heteroatoms. The Morgan fingerprint density at radius 1 is 1.15 bits per heavy atom. The summed E-state index contributed by atoms with van der Waals surface area (Å²) in [5, 5.41) is 13.9. The lowest BCUT2D eigenvalue weighted by molar-refractivity contribution is -0.129. The Labute approximate surface area is 251 Å². The predicted molar refractivity (Wildman–Crippen MR) is 164 cm³/mol. The summed E-state index contributed by atoms with van der Waals surface area (Å²) in [5.74, 6) is -0.266. The number of carbonyl (C=O) groups is 2. The van der Waals surface area contributed by atoms with Gasteiger partial charge in [0.05, 0.1) is 12.5 Å². The summed E-state index contributed by atoms with van der Waals surface area (Å²) in [6.07, 6.45) is 3.21. The lowest BCUT2D eigenvalue weighted by atomic mass is 9.91. The van der Waals surface area contributed by atoms with Crippen LogP contribution >= 0.6 is 39.3 Å². The van der Waals surface area contributed by atoms with Gasteiger partial charge in [-0.25, -0.2) is 0 Å². The summed E-state index contributed by atoms with van der Waals surface area (Å²) in [6, 6.07) is 21.1. The number of H-pyrrole nitrogens is 1.